The van der Waals surface area contributed by atoms with Crippen LogP contribution in [-0.2, 0) is 6.54 Å². The van der Waals surface area contributed by atoms with Crippen LogP contribution in [-0.4, -0.2) is 47.0 Å². The number of pyridine rings is 2. The van der Waals surface area contributed by atoms with Gasteiger partial charge in [0, 0.05) is 56.1 Å². The molecule has 6 rings (SSSR count). The number of carbonyl (C=O) groups is 1. The summed E-state index contributed by atoms with van der Waals surface area (Å²) in [5.41, 5.74) is 6.16. The van der Waals surface area contributed by atoms with Gasteiger partial charge in [0.15, 0.2) is 0 Å². The molecule has 1 aliphatic heterocycles. The Bertz CT molecular complexity index is 1730. The number of amides is 1. The van der Waals surface area contributed by atoms with Gasteiger partial charge in [-0.05, 0) is 77.0 Å². The van der Waals surface area contributed by atoms with Crippen LogP contribution in [0, 0.1) is 18.3 Å². The van der Waals surface area contributed by atoms with Gasteiger partial charge < -0.3 is 10.2 Å². The number of hydrogen-bond acceptors (Lipinski definition) is 6. The van der Waals surface area contributed by atoms with Gasteiger partial charge in [-0.3, -0.25) is 14.7 Å². The number of benzene rings is 3. The van der Waals surface area contributed by atoms with E-state index in [4.69, 9.17) is 5.26 Å². The van der Waals surface area contributed by atoms with Gasteiger partial charge in [0.05, 0.1) is 23.5 Å². The highest BCUT2D eigenvalue weighted by Crippen LogP contribution is 2.26. The first-order chi connectivity index (χ1) is 20.1. The second kappa shape index (κ2) is 11.6. The molecule has 41 heavy (non-hydrogen) atoms. The number of rotatable bonds is 6. The van der Waals surface area contributed by atoms with Crippen LogP contribution >= 0.6 is 0 Å². The van der Waals surface area contributed by atoms with Crippen molar-refractivity contribution in [3.05, 3.63) is 120 Å². The molecule has 1 amide bonds. The van der Waals surface area contributed by atoms with Gasteiger partial charge in [0.1, 0.15) is 5.82 Å². The average molecular weight is 539 g/mol. The molecule has 7 heteroatoms. The molecule has 0 saturated carbocycles. The Morgan fingerprint density at radius 1 is 0.951 bits per heavy atom. The summed E-state index contributed by atoms with van der Waals surface area (Å²) < 4.78 is 0. The molecule has 0 radical (unpaired) electrons. The summed E-state index contributed by atoms with van der Waals surface area (Å²) in [6.45, 7) is 6.63. The van der Waals surface area contributed by atoms with Crippen LogP contribution in [0.5, 0.6) is 0 Å². The number of nitriles is 1. The zero-order valence-electron chi connectivity index (χ0n) is 22.9. The van der Waals surface area contributed by atoms with E-state index in [2.05, 4.69) is 55.4 Å². The van der Waals surface area contributed by atoms with Crippen molar-refractivity contribution in [3.63, 3.8) is 0 Å². The number of fused-ring (bicyclic) bond motifs is 1. The Hall–Kier alpha value is -5.06. The lowest BCUT2D eigenvalue weighted by Crippen LogP contribution is -2.46. The number of nitrogens with one attached hydrogen (secondary N) is 1. The zero-order chi connectivity index (χ0) is 28.2. The maximum absolute atomic E-state index is 13.1. The van der Waals surface area contributed by atoms with Crippen LogP contribution in [0.1, 0.15) is 27.0 Å². The molecule has 202 valence electrons. The number of aryl methyl sites for hydroxylation is 1. The molecule has 0 bridgehead atoms. The predicted octanol–water partition coefficient (Wildman–Crippen LogP) is 6.05. The first-order valence-electron chi connectivity index (χ1n) is 13.7. The van der Waals surface area contributed by atoms with E-state index in [-0.39, 0.29) is 5.91 Å². The molecule has 0 spiro atoms. The molecule has 7 nitrogen and oxygen atoms in total. The molecule has 0 aliphatic carbocycles. The maximum atomic E-state index is 13.1. The van der Waals surface area contributed by atoms with E-state index < -0.39 is 0 Å². The van der Waals surface area contributed by atoms with Crippen molar-refractivity contribution in [1.29, 1.82) is 5.26 Å². The Balaban J connectivity index is 1.07. The standard InChI is InChI=1S/C34H30N6O/c1-24-5-8-27(19-32(24)26-9-6-25(20-35)7-10-26)34(41)38-30-11-12-33(37-22-30)40-17-15-39(16-18-40)23-29-4-2-3-28-21-36-14-13-31(28)29/h2-14,19,21-22H,15-18,23H2,1H3,(H,38,41). The molecule has 1 fully saturated rings. The number of piperazine rings is 1. The van der Waals surface area contributed by atoms with E-state index >= 15 is 0 Å². The molecular weight excluding hydrogens is 508 g/mol. The Kier molecular flexibility index (Phi) is 7.40. The second-order valence-corrected chi connectivity index (χ2v) is 10.4. The smallest absolute Gasteiger partial charge is 0.255 e. The van der Waals surface area contributed by atoms with Gasteiger partial charge in [0.2, 0.25) is 0 Å². The van der Waals surface area contributed by atoms with E-state index in [0.717, 1.165) is 55.2 Å². The highest BCUT2D eigenvalue weighted by molar-refractivity contribution is 6.05. The Morgan fingerprint density at radius 2 is 1.78 bits per heavy atom. The van der Waals surface area contributed by atoms with Crippen molar-refractivity contribution < 1.29 is 4.79 Å². The fraction of sp³-hybridized carbons (Fsp3) is 0.176. The number of hydrogen-bond donors (Lipinski definition) is 1. The van der Waals surface area contributed by atoms with Crippen molar-refractivity contribution in [1.82, 2.24) is 14.9 Å². The van der Waals surface area contributed by atoms with Crippen LogP contribution in [0.4, 0.5) is 11.5 Å². The van der Waals surface area contributed by atoms with E-state index in [9.17, 15) is 4.79 Å². The minimum Gasteiger partial charge on any atom is -0.354 e. The highest BCUT2D eigenvalue weighted by atomic mass is 16.1. The minimum atomic E-state index is -0.188. The predicted molar refractivity (Wildman–Crippen MR) is 163 cm³/mol. The average Bonchev–Trinajstić information content (AvgIpc) is 3.02. The minimum absolute atomic E-state index is 0.188. The molecule has 2 aromatic heterocycles. The third-order valence-electron chi connectivity index (χ3n) is 7.69. The van der Waals surface area contributed by atoms with Crippen LogP contribution in [0.2, 0.25) is 0 Å². The summed E-state index contributed by atoms with van der Waals surface area (Å²) in [6, 6.07) is 27.6. The van der Waals surface area contributed by atoms with Crippen molar-refractivity contribution in [2.45, 2.75) is 13.5 Å². The van der Waals surface area contributed by atoms with Gasteiger partial charge in [-0.25, -0.2) is 4.98 Å². The topological polar surface area (TPSA) is 85.2 Å². The molecule has 5 aromatic rings. The number of anilines is 2. The normalized spacial score (nSPS) is 13.6. The first-order valence-corrected chi connectivity index (χ1v) is 13.7. The van der Waals surface area contributed by atoms with E-state index in [1.54, 1.807) is 18.3 Å². The SMILES string of the molecule is Cc1ccc(C(=O)Nc2ccc(N3CCN(Cc4cccc5cnccc45)CC3)nc2)cc1-c1ccc(C#N)cc1. The molecule has 0 unspecified atom stereocenters. The van der Waals surface area contributed by atoms with Crippen LogP contribution in [0.3, 0.4) is 0 Å². The molecular formula is C34H30N6O. The van der Waals surface area contributed by atoms with Crippen molar-refractivity contribution in [3.8, 4) is 17.2 Å². The fourth-order valence-corrected chi connectivity index (χ4v) is 5.35. The largest absolute Gasteiger partial charge is 0.354 e. The molecule has 0 atom stereocenters. The highest BCUT2D eigenvalue weighted by Gasteiger charge is 2.19. The van der Waals surface area contributed by atoms with Gasteiger partial charge in [-0.2, -0.15) is 5.26 Å². The van der Waals surface area contributed by atoms with Gasteiger partial charge >= 0.3 is 0 Å². The summed E-state index contributed by atoms with van der Waals surface area (Å²) in [7, 11) is 0. The monoisotopic (exact) mass is 538 g/mol. The molecule has 1 N–H and O–H groups in total. The van der Waals surface area contributed by atoms with Crippen LogP contribution in [0.15, 0.2) is 97.5 Å². The first kappa shape index (κ1) is 26.2. The zero-order valence-corrected chi connectivity index (χ0v) is 22.9. The van der Waals surface area contributed by atoms with Crippen molar-refractivity contribution in [2.75, 3.05) is 36.4 Å². The molecule has 3 aromatic carbocycles. The van der Waals surface area contributed by atoms with E-state index in [0.29, 0.717) is 16.8 Å². The lowest BCUT2D eigenvalue weighted by atomic mass is 9.97. The maximum Gasteiger partial charge on any atom is 0.255 e. The fourth-order valence-electron chi connectivity index (χ4n) is 5.35. The third-order valence-corrected chi connectivity index (χ3v) is 7.69. The number of aromatic nitrogens is 2. The Morgan fingerprint density at radius 3 is 2.54 bits per heavy atom. The molecule has 3 heterocycles. The van der Waals surface area contributed by atoms with Gasteiger partial charge in [-0.15, -0.1) is 0 Å². The lowest BCUT2D eigenvalue weighted by Gasteiger charge is -2.35. The summed E-state index contributed by atoms with van der Waals surface area (Å²) in [4.78, 5) is 26.7. The summed E-state index contributed by atoms with van der Waals surface area (Å²) in [5.74, 6) is 0.726. The van der Waals surface area contributed by atoms with Gasteiger partial charge in [0.25, 0.3) is 5.91 Å². The summed E-state index contributed by atoms with van der Waals surface area (Å²) >= 11 is 0. The quantitative estimate of drug-likeness (QED) is 0.283. The van der Waals surface area contributed by atoms with E-state index in [1.807, 2.05) is 61.8 Å². The second-order valence-electron chi connectivity index (χ2n) is 10.4. The van der Waals surface area contributed by atoms with Gasteiger partial charge in [-0.1, -0.05) is 36.4 Å². The molecule has 1 aliphatic rings. The molecule has 1 saturated heterocycles. The number of carbonyl (C=O) groups excluding carboxylic acids is 1. The van der Waals surface area contributed by atoms with E-state index in [1.165, 1.54) is 16.3 Å². The number of nitrogens with zero attached hydrogens (tertiary/aromatic N) is 5. The van der Waals surface area contributed by atoms with Crippen LogP contribution < -0.4 is 10.2 Å². The lowest BCUT2D eigenvalue weighted by molar-refractivity contribution is 0.102. The summed E-state index contributed by atoms with van der Waals surface area (Å²) in [5, 5.41) is 14.5. The van der Waals surface area contributed by atoms with Crippen molar-refractivity contribution in [2.24, 2.45) is 0 Å². The third kappa shape index (κ3) is 5.79. The van der Waals surface area contributed by atoms with Crippen LogP contribution in [0.25, 0.3) is 21.9 Å². The summed E-state index contributed by atoms with van der Waals surface area (Å²) in [6.07, 6.45) is 5.50. The Labute approximate surface area is 239 Å². The van der Waals surface area contributed by atoms with Crippen molar-refractivity contribution >= 4 is 28.2 Å².